The van der Waals surface area contributed by atoms with Gasteiger partial charge in [-0.3, -0.25) is 9.59 Å². The summed E-state index contributed by atoms with van der Waals surface area (Å²) in [5, 5.41) is 0. The molecule has 0 aromatic heterocycles. The van der Waals surface area contributed by atoms with Crippen molar-refractivity contribution in [1.29, 1.82) is 0 Å². The van der Waals surface area contributed by atoms with Gasteiger partial charge < -0.3 is 9.64 Å². The van der Waals surface area contributed by atoms with E-state index < -0.39 is 11.0 Å². The summed E-state index contributed by atoms with van der Waals surface area (Å²) < 4.78 is 5.88. The van der Waals surface area contributed by atoms with Crippen molar-refractivity contribution < 1.29 is 14.3 Å². The number of rotatable bonds is 4. The van der Waals surface area contributed by atoms with Gasteiger partial charge in [-0.1, -0.05) is 18.2 Å². The van der Waals surface area contributed by atoms with Crippen molar-refractivity contribution >= 4 is 29.2 Å². The lowest BCUT2D eigenvalue weighted by molar-refractivity contribution is -0.150. The van der Waals surface area contributed by atoms with E-state index in [1.54, 1.807) is 16.7 Å². The highest BCUT2D eigenvalue weighted by Crippen LogP contribution is 2.43. The molecule has 0 fully saturated rings. The van der Waals surface area contributed by atoms with Gasteiger partial charge in [-0.05, 0) is 71.4 Å². The van der Waals surface area contributed by atoms with Gasteiger partial charge in [-0.2, -0.15) is 0 Å². The molecule has 0 atom stereocenters. The molecule has 0 saturated heterocycles. The maximum Gasteiger partial charge on any atom is 0.316 e. The summed E-state index contributed by atoms with van der Waals surface area (Å²) in [6.45, 7) is 13.3. The number of carbonyl (C=O) groups excluding carboxylic acids is 2. The maximum absolute atomic E-state index is 13.3. The minimum atomic E-state index is -0.689. The Bertz CT molecular complexity index is 752. The Labute approximate surface area is 161 Å². The monoisotopic (exact) mass is 375 g/mol. The van der Waals surface area contributed by atoms with Crippen LogP contribution in [-0.2, 0) is 14.3 Å². The van der Waals surface area contributed by atoms with E-state index in [4.69, 9.17) is 4.74 Å². The zero-order chi connectivity index (χ0) is 19.9. The van der Waals surface area contributed by atoms with Crippen molar-refractivity contribution in [2.45, 2.75) is 54.0 Å². The molecule has 0 N–H and O–H groups in total. The summed E-state index contributed by atoms with van der Waals surface area (Å²) in [5.41, 5.74) is 2.04. The van der Waals surface area contributed by atoms with Gasteiger partial charge in [0, 0.05) is 0 Å². The molecule has 2 rings (SSSR count). The summed E-state index contributed by atoms with van der Waals surface area (Å²) in [6, 6.07) is 5.94. The lowest BCUT2D eigenvalue weighted by Crippen LogP contribution is -2.44. The molecular formula is C21H29NO3S. The van der Waals surface area contributed by atoms with Crippen LogP contribution in [0, 0.1) is 19.3 Å². The van der Waals surface area contributed by atoms with Crippen molar-refractivity contribution in [3.05, 3.63) is 40.6 Å². The highest BCUT2D eigenvalue weighted by atomic mass is 32.2. The second-order valence-corrected chi connectivity index (χ2v) is 9.16. The predicted octanol–water partition coefficient (Wildman–Crippen LogP) is 4.55. The predicted molar refractivity (Wildman–Crippen MR) is 108 cm³/mol. The third-order valence-corrected chi connectivity index (χ3v) is 5.23. The molecule has 0 saturated carbocycles. The largest absolute Gasteiger partial charge is 0.427 e. The Morgan fingerprint density at radius 2 is 1.73 bits per heavy atom. The number of esters is 1. The van der Waals surface area contributed by atoms with Crippen LogP contribution in [0.4, 0.5) is 0 Å². The lowest BCUT2D eigenvalue weighted by atomic mass is 9.92. The first-order chi connectivity index (χ1) is 11.9. The normalized spacial score (nSPS) is 17.1. The molecule has 1 amide bonds. The number of carbonyl (C=O) groups is 2. The number of hydrogen-bond donors (Lipinski definition) is 0. The third kappa shape index (κ3) is 3.54. The van der Waals surface area contributed by atoms with Crippen LogP contribution >= 0.6 is 11.8 Å². The van der Waals surface area contributed by atoms with Gasteiger partial charge in [0.1, 0.15) is 5.76 Å². The van der Waals surface area contributed by atoms with Crippen LogP contribution < -0.4 is 0 Å². The molecule has 1 aliphatic rings. The second-order valence-electron chi connectivity index (χ2n) is 8.32. The van der Waals surface area contributed by atoms with E-state index in [2.05, 4.69) is 0 Å². The number of benzene rings is 1. The minimum Gasteiger partial charge on any atom is -0.427 e. The van der Waals surface area contributed by atoms with Gasteiger partial charge >= 0.3 is 5.97 Å². The molecule has 1 aromatic carbocycles. The van der Waals surface area contributed by atoms with E-state index in [-0.39, 0.29) is 11.9 Å². The van der Waals surface area contributed by atoms with Crippen molar-refractivity contribution in [2.24, 2.45) is 5.41 Å². The summed E-state index contributed by atoms with van der Waals surface area (Å²) in [5.74, 6) is 0.576. The zero-order valence-corrected chi connectivity index (χ0v) is 17.8. The first-order valence-electron chi connectivity index (χ1n) is 8.77. The summed E-state index contributed by atoms with van der Waals surface area (Å²) in [6.07, 6.45) is 1.96. The van der Waals surface area contributed by atoms with E-state index in [0.29, 0.717) is 17.2 Å². The molecule has 0 aliphatic carbocycles. The van der Waals surface area contributed by atoms with E-state index >= 15 is 0 Å². The lowest BCUT2D eigenvalue weighted by Gasteiger charge is -2.33. The van der Waals surface area contributed by atoms with E-state index in [1.165, 1.54) is 0 Å². The number of hydrogen-bond acceptors (Lipinski definition) is 4. The summed E-state index contributed by atoms with van der Waals surface area (Å²) in [4.78, 5) is 27.7. The molecule has 0 unspecified atom stereocenters. The van der Waals surface area contributed by atoms with E-state index in [0.717, 1.165) is 16.7 Å². The molecule has 142 valence electrons. The number of thioether (sulfide) groups is 1. The molecule has 1 heterocycles. The Kier molecular flexibility index (Phi) is 5.62. The Morgan fingerprint density at radius 1 is 1.19 bits per heavy atom. The van der Waals surface area contributed by atoms with Crippen LogP contribution in [0.15, 0.2) is 24.0 Å². The molecule has 1 aliphatic heterocycles. The Balaban J connectivity index is 2.71. The molecule has 26 heavy (non-hydrogen) atoms. The number of ether oxygens (including phenoxy) is 1. The second kappa shape index (κ2) is 7.10. The average Bonchev–Trinajstić information content (AvgIpc) is 2.68. The minimum absolute atomic E-state index is 0.0848. The van der Waals surface area contributed by atoms with Gasteiger partial charge in [0.2, 0.25) is 0 Å². The van der Waals surface area contributed by atoms with E-state index in [9.17, 15) is 9.59 Å². The van der Waals surface area contributed by atoms with Gasteiger partial charge in [0.25, 0.3) is 5.91 Å². The molecule has 0 spiro atoms. The molecule has 0 radical (unpaired) electrons. The average molecular weight is 376 g/mol. The standard InChI is InChI=1S/C21H29NO3S/c1-13-10-9-11-14(2)15(13)16-17(25-19(24)20(3,4)5)21(6,7)22(12-26-8)18(16)23/h9-11H,12H2,1-8H3. The van der Waals surface area contributed by atoms with Crippen molar-refractivity contribution in [3.8, 4) is 0 Å². The van der Waals surface area contributed by atoms with Crippen LogP contribution in [0.1, 0.15) is 51.3 Å². The molecule has 4 nitrogen and oxygen atoms in total. The Morgan fingerprint density at radius 3 is 2.19 bits per heavy atom. The van der Waals surface area contributed by atoms with Crippen molar-refractivity contribution in [1.82, 2.24) is 4.90 Å². The molecule has 1 aromatic rings. The fourth-order valence-corrected chi connectivity index (χ4v) is 3.81. The van der Waals surface area contributed by atoms with E-state index in [1.807, 2.05) is 72.9 Å². The number of aryl methyl sites for hydroxylation is 2. The van der Waals surface area contributed by atoms with Crippen LogP contribution in [0.2, 0.25) is 0 Å². The number of nitrogens with zero attached hydrogens (tertiary/aromatic N) is 1. The van der Waals surface area contributed by atoms with Gasteiger partial charge in [0.15, 0.2) is 0 Å². The van der Waals surface area contributed by atoms with Crippen LogP contribution in [0.3, 0.4) is 0 Å². The third-order valence-electron chi connectivity index (χ3n) is 4.71. The Hall–Kier alpha value is -1.75. The summed E-state index contributed by atoms with van der Waals surface area (Å²) >= 11 is 1.57. The zero-order valence-electron chi connectivity index (χ0n) is 17.0. The summed E-state index contributed by atoms with van der Waals surface area (Å²) in [7, 11) is 0. The van der Waals surface area contributed by atoms with Crippen molar-refractivity contribution in [2.75, 3.05) is 12.1 Å². The number of amides is 1. The highest BCUT2D eigenvalue weighted by Gasteiger charge is 2.49. The van der Waals surface area contributed by atoms with Gasteiger partial charge in [-0.15, -0.1) is 11.8 Å². The van der Waals surface area contributed by atoms with Crippen LogP contribution in [-0.4, -0.2) is 34.4 Å². The fraction of sp³-hybridized carbons (Fsp3) is 0.524. The van der Waals surface area contributed by atoms with Gasteiger partial charge in [-0.25, -0.2) is 0 Å². The molecular weight excluding hydrogens is 346 g/mol. The van der Waals surface area contributed by atoms with Crippen LogP contribution in [0.25, 0.3) is 5.57 Å². The molecule has 0 bridgehead atoms. The topological polar surface area (TPSA) is 46.6 Å². The molecule has 5 heteroatoms. The highest BCUT2D eigenvalue weighted by molar-refractivity contribution is 7.98. The van der Waals surface area contributed by atoms with Gasteiger partial charge in [0.05, 0.1) is 22.4 Å². The maximum atomic E-state index is 13.3. The smallest absolute Gasteiger partial charge is 0.316 e. The SMILES string of the molecule is CSCN1C(=O)C(c2c(C)cccc2C)=C(OC(=O)C(C)(C)C)C1(C)C. The first kappa shape index (κ1) is 20.6. The van der Waals surface area contributed by atoms with Crippen LogP contribution in [0.5, 0.6) is 0 Å². The quantitative estimate of drug-likeness (QED) is 0.725. The fourth-order valence-electron chi connectivity index (χ4n) is 3.11. The van der Waals surface area contributed by atoms with Crippen molar-refractivity contribution in [3.63, 3.8) is 0 Å². The first-order valence-corrected chi connectivity index (χ1v) is 10.2.